The highest BCUT2D eigenvalue weighted by atomic mass is 32.2. The van der Waals surface area contributed by atoms with Crippen molar-refractivity contribution in [1.29, 1.82) is 0 Å². The van der Waals surface area contributed by atoms with Crippen LogP contribution in [0.25, 0.3) is 0 Å². The van der Waals surface area contributed by atoms with Crippen molar-refractivity contribution in [2.24, 2.45) is 0 Å². The first-order valence-electron chi connectivity index (χ1n) is 10.4. The fraction of sp³-hybridized carbons (Fsp3) is 0.500. The molecular weight excluding hydrogens is 336 g/mol. The molecule has 0 N–H and O–H groups in total. The summed E-state index contributed by atoms with van der Waals surface area (Å²) in [6.07, 6.45) is 12.0. The molecule has 0 saturated carbocycles. The van der Waals surface area contributed by atoms with Crippen molar-refractivity contribution in [2.45, 2.75) is 87.8 Å². The van der Waals surface area contributed by atoms with Gasteiger partial charge < -0.3 is 0 Å². The fourth-order valence-corrected chi connectivity index (χ4v) is 4.84. The highest BCUT2D eigenvalue weighted by Gasteiger charge is 2.14. The summed E-state index contributed by atoms with van der Waals surface area (Å²) in [4.78, 5) is 2.01. The van der Waals surface area contributed by atoms with Crippen LogP contribution in [0.15, 0.2) is 58.3 Å². The van der Waals surface area contributed by atoms with Crippen molar-refractivity contribution >= 4 is 10.8 Å². The van der Waals surface area contributed by atoms with Gasteiger partial charge in [-0.15, -0.1) is 0 Å². The number of hydrogen-bond donors (Lipinski definition) is 0. The third kappa shape index (κ3) is 6.39. The summed E-state index contributed by atoms with van der Waals surface area (Å²) in [7, 11) is -1.08. The van der Waals surface area contributed by atoms with Crippen LogP contribution in [-0.2, 0) is 23.6 Å². The summed E-state index contributed by atoms with van der Waals surface area (Å²) in [6, 6.07) is 16.6. The molecule has 0 atom stereocenters. The molecule has 2 heteroatoms. The predicted octanol–water partition coefficient (Wildman–Crippen LogP) is 7.10. The number of unbranched alkanes of at least 4 members (excludes halogenated alkanes) is 6. The average molecular weight is 371 g/mol. The molecule has 0 aliphatic carbocycles. The summed E-state index contributed by atoms with van der Waals surface area (Å²) in [6.45, 7) is 4.47. The van der Waals surface area contributed by atoms with Crippen LogP contribution in [0.2, 0.25) is 0 Å². The second-order valence-electron chi connectivity index (χ2n) is 7.11. The minimum absolute atomic E-state index is 1.00. The molecule has 0 spiro atoms. The second-order valence-corrected chi connectivity index (χ2v) is 8.52. The lowest BCUT2D eigenvalue weighted by Crippen LogP contribution is -2.02. The quantitative estimate of drug-likeness (QED) is 0.364. The molecule has 0 fully saturated rings. The van der Waals surface area contributed by atoms with Crippen LogP contribution < -0.4 is 0 Å². The molecule has 0 amide bonds. The van der Waals surface area contributed by atoms with E-state index in [4.69, 9.17) is 0 Å². The van der Waals surface area contributed by atoms with Crippen molar-refractivity contribution in [3.05, 3.63) is 59.7 Å². The minimum Gasteiger partial charge on any atom is -0.249 e. The van der Waals surface area contributed by atoms with Crippen LogP contribution >= 0.6 is 0 Å². The highest BCUT2D eigenvalue weighted by molar-refractivity contribution is 7.85. The molecule has 0 aliphatic heterocycles. The predicted molar refractivity (Wildman–Crippen MR) is 113 cm³/mol. The zero-order valence-electron chi connectivity index (χ0n) is 16.5. The van der Waals surface area contributed by atoms with Crippen molar-refractivity contribution in [2.75, 3.05) is 0 Å². The Balaban J connectivity index is 2.13. The van der Waals surface area contributed by atoms with Crippen molar-refractivity contribution in [1.82, 2.24) is 0 Å². The van der Waals surface area contributed by atoms with E-state index in [9.17, 15) is 4.21 Å². The van der Waals surface area contributed by atoms with E-state index in [1.54, 1.807) is 0 Å². The number of rotatable bonds is 12. The lowest BCUT2D eigenvalue weighted by atomic mass is 10.1. The SMILES string of the molecule is CCCCCCc1ccccc1S(=O)c1ccccc1CCCCCC. The molecule has 1 nitrogen and oxygen atoms in total. The Morgan fingerprint density at radius 2 is 1.04 bits per heavy atom. The van der Waals surface area contributed by atoms with Crippen LogP contribution in [-0.4, -0.2) is 4.21 Å². The average Bonchev–Trinajstić information content (AvgIpc) is 2.69. The van der Waals surface area contributed by atoms with E-state index in [1.807, 2.05) is 12.1 Å². The highest BCUT2D eigenvalue weighted by Crippen LogP contribution is 2.25. The first-order chi connectivity index (χ1) is 12.8. The molecule has 2 rings (SSSR count). The van der Waals surface area contributed by atoms with Gasteiger partial charge in [-0.1, -0.05) is 88.8 Å². The van der Waals surface area contributed by atoms with Gasteiger partial charge in [0, 0.05) is 9.79 Å². The smallest absolute Gasteiger partial charge is 0.0855 e. The van der Waals surface area contributed by atoms with Crippen molar-refractivity contribution in [3.8, 4) is 0 Å². The normalized spacial score (nSPS) is 11.2. The molecule has 142 valence electrons. The van der Waals surface area contributed by atoms with E-state index in [2.05, 4.69) is 50.2 Å². The fourth-order valence-electron chi connectivity index (χ4n) is 3.39. The van der Waals surface area contributed by atoms with E-state index >= 15 is 0 Å². The topological polar surface area (TPSA) is 17.1 Å². The lowest BCUT2D eigenvalue weighted by molar-refractivity contribution is 0.656. The lowest BCUT2D eigenvalue weighted by Gasteiger charge is -2.13. The van der Waals surface area contributed by atoms with Gasteiger partial charge in [0.2, 0.25) is 0 Å². The Morgan fingerprint density at radius 1 is 0.615 bits per heavy atom. The van der Waals surface area contributed by atoms with Crippen LogP contribution in [0.4, 0.5) is 0 Å². The minimum atomic E-state index is -1.08. The Morgan fingerprint density at radius 3 is 1.46 bits per heavy atom. The molecule has 26 heavy (non-hydrogen) atoms. The summed E-state index contributed by atoms with van der Waals surface area (Å²) >= 11 is 0. The maximum absolute atomic E-state index is 13.4. The van der Waals surface area contributed by atoms with Crippen molar-refractivity contribution < 1.29 is 4.21 Å². The zero-order valence-corrected chi connectivity index (χ0v) is 17.3. The van der Waals surface area contributed by atoms with E-state index < -0.39 is 10.8 Å². The van der Waals surface area contributed by atoms with E-state index in [0.717, 1.165) is 22.6 Å². The summed E-state index contributed by atoms with van der Waals surface area (Å²) in [5, 5.41) is 0. The maximum atomic E-state index is 13.4. The van der Waals surface area contributed by atoms with Crippen LogP contribution in [0, 0.1) is 0 Å². The Hall–Kier alpha value is -1.41. The largest absolute Gasteiger partial charge is 0.249 e. The van der Waals surface area contributed by atoms with E-state index in [0.29, 0.717) is 0 Å². The second kappa shape index (κ2) is 12.1. The molecule has 0 bridgehead atoms. The third-order valence-corrected chi connectivity index (χ3v) is 6.54. The molecule has 2 aromatic carbocycles. The molecule has 0 heterocycles. The van der Waals surface area contributed by atoms with Gasteiger partial charge >= 0.3 is 0 Å². The molecule has 0 unspecified atom stereocenters. The number of hydrogen-bond acceptors (Lipinski definition) is 1. The Bertz CT molecular complexity index is 620. The monoisotopic (exact) mass is 370 g/mol. The van der Waals surface area contributed by atoms with Gasteiger partial charge in [-0.2, -0.15) is 0 Å². The van der Waals surface area contributed by atoms with E-state index in [1.165, 1.54) is 62.5 Å². The van der Waals surface area contributed by atoms with Gasteiger partial charge in [-0.3, -0.25) is 0 Å². The zero-order chi connectivity index (χ0) is 18.6. The Kier molecular flexibility index (Phi) is 9.70. The molecule has 2 aromatic rings. The van der Waals surface area contributed by atoms with Gasteiger partial charge in [0.15, 0.2) is 0 Å². The summed E-state index contributed by atoms with van der Waals surface area (Å²) in [5.74, 6) is 0. The number of benzene rings is 2. The third-order valence-electron chi connectivity index (χ3n) is 4.94. The number of aryl methyl sites for hydroxylation is 2. The maximum Gasteiger partial charge on any atom is 0.0855 e. The molecule has 0 saturated heterocycles. The summed E-state index contributed by atoms with van der Waals surface area (Å²) < 4.78 is 13.4. The van der Waals surface area contributed by atoms with Crippen LogP contribution in [0.5, 0.6) is 0 Å². The van der Waals surface area contributed by atoms with Crippen LogP contribution in [0.3, 0.4) is 0 Å². The van der Waals surface area contributed by atoms with E-state index in [-0.39, 0.29) is 0 Å². The van der Waals surface area contributed by atoms with Gasteiger partial charge in [0.25, 0.3) is 0 Å². The molecule has 0 aromatic heterocycles. The van der Waals surface area contributed by atoms with Crippen molar-refractivity contribution in [3.63, 3.8) is 0 Å². The first-order valence-corrected chi connectivity index (χ1v) is 11.5. The first kappa shape index (κ1) is 20.9. The standard InChI is InChI=1S/C24H34OS/c1-3-5-7-9-15-21-17-11-13-19-23(21)26(25)24-20-14-12-18-22(24)16-10-8-6-4-2/h11-14,17-20H,3-10,15-16H2,1-2H3. The van der Waals surface area contributed by atoms with Gasteiger partial charge in [-0.25, -0.2) is 4.21 Å². The van der Waals surface area contributed by atoms with Crippen LogP contribution in [0.1, 0.15) is 76.3 Å². The Labute approximate surface area is 162 Å². The summed E-state index contributed by atoms with van der Waals surface area (Å²) in [5.41, 5.74) is 2.51. The van der Waals surface area contributed by atoms with Gasteiger partial charge in [0.1, 0.15) is 0 Å². The molecule has 0 aliphatic rings. The molecular formula is C24H34OS. The van der Waals surface area contributed by atoms with Gasteiger partial charge in [-0.05, 0) is 48.9 Å². The van der Waals surface area contributed by atoms with Gasteiger partial charge in [0.05, 0.1) is 10.8 Å². The molecule has 0 radical (unpaired) electrons.